The third-order valence-electron chi connectivity index (χ3n) is 3.92. The van der Waals surface area contributed by atoms with Gasteiger partial charge in [0.25, 0.3) is 0 Å². The van der Waals surface area contributed by atoms with E-state index in [2.05, 4.69) is 11.4 Å². The van der Waals surface area contributed by atoms with Gasteiger partial charge in [-0.15, -0.1) is 0 Å². The predicted octanol–water partition coefficient (Wildman–Crippen LogP) is 0.0985. The molecule has 0 spiro atoms. The molecule has 120 valence electrons. The number of carbonyl (C=O) groups is 2. The SMILES string of the molecule is Cc1ccc2c(c1)CCCN2C(=O)CN[C@H](C(N)=O)[C@@H](C)O. The quantitative estimate of drug-likeness (QED) is 0.719. The first-order valence-corrected chi connectivity index (χ1v) is 7.51. The van der Waals surface area contributed by atoms with Crippen molar-refractivity contribution < 1.29 is 14.7 Å². The third-order valence-corrected chi connectivity index (χ3v) is 3.92. The van der Waals surface area contributed by atoms with Crippen LogP contribution >= 0.6 is 0 Å². The van der Waals surface area contributed by atoms with E-state index >= 15 is 0 Å². The zero-order chi connectivity index (χ0) is 16.3. The lowest BCUT2D eigenvalue weighted by atomic mass is 9.99. The van der Waals surface area contributed by atoms with Crippen LogP contribution in [-0.4, -0.2) is 42.2 Å². The molecule has 22 heavy (non-hydrogen) atoms. The van der Waals surface area contributed by atoms with Gasteiger partial charge in [-0.2, -0.15) is 0 Å². The minimum absolute atomic E-state index is 0.0359. The summed E-state index contributed by atoms with van der Waals surface area (Å²) in [7, 11) is 0. The van der Waals surface area contributed by atoms with E-state index in [0.29, 0.717) is 6.54 Å². The number of nitrogens with one attached hydrogen (secondary N) is 1. The van der Waals surface area contributed by atoms with E-state index in [1.807, 2.05) is 19.1 Å². The molecule has 0 bridgehead atoms. The second-order valence-corrected chi connectivity index (χ2v) is 5.78. The average Bonchev–Trinajstić information content (AvgIpc) is 2.45. The lowest BCUT2D eigenvalue weighted by molar-refractivity contribution is -0.123. The smallest absolute Gasteiger partial charge is 0.240 e. The van der Waals surface area contributed by atoms with Gasteiger partial charge in [0.05, 0.1) is 12.6 Å². The number of hydrogen-bond acceptors (Lipinski definition) is 4. The number of aryl methyl sites for hydroxylation is 2. The highest BCUT2D eigenvalue weighted by molar-refractivity contribution is 5.96. The number of amides is 2. The molecule has 0 saturated carbocycles. The summed E-state index contributed by atoms with van der Waals surface area (Å²) >= 11 is 0. The molecular weight excluding hydrogens is 282 g/mol. The number of aliphatic hydroxyl groups excluding tert-OH is 1. The zero-order valence-electron chi connectivity index (χ0n) is 13.0. The fraction of sp³-hybridized carbons (Fsp3) is 0.500. The van der Waals surface area contributed by atoms with Crippen molar-refractivity contribution in [3.8, 4) is 0 Å². The molecule has 4 N–H and O–H groups in total. The number of hydrogen-bond donors (Lipinski definition) is 3. The number of carbonyl (C=O) groups excluding carboxylic acids is 2. The first-order chi connectivity index (χ1) is 10.4. The van der Waals surface area contributed by atoms with Gasteiger partial charge in [-0.3, -0.25) is 14.9 Å². The van der Waals surface area contributed by atoms with Crippen molar-refractivity contribution in [1.82, 2.24) is 5.32 Å². The van der Waals surface area contributed by atoms with Crippen LogP contribution in [0.25, 0.3) is 0 Å². The molecule has 6 nitrogen and oxygen atoms in total. The summed E-state index contributed by atoms with van der Waals surface area (Å²) in [6.07, 6.45) is 0.936. The topological polar surface area (TPSA) is 95.7 Å². The van der Waals surface area contributed by atoms with Gasteiger partial charge < -0.3 is 15.7 Å². The first-order valence-electron chi connectivity index (χ1n) is 7.51. The van der Waals surface area contributed by atoms with Crippen molar-refractivity contribution >= 4 is 17.5 Å². The molecule has 2 amide bonds. The minimum atomic E-state index is -0.943. The maximum Gasteiger partial charge on any atom is 0.240 e. The summed E-state index contributed by atoms with van der Waals surface area (Å²) in [4.78, 5) is 25.4. The van der Waals surface area contributed by atoms with Crippen molar-refractivity contribution in [1.29, 1.82) is 0 Å². The lowest BCUT2D eigenvalue weighted by Crippen LogP contribution is -2.52. The first kappa shape index (κ1) is 16.5. The molecule has 6 heteroatoms. The van der Waals surface area contributed by atoms with Gasteiger partial charge in [0.2, 0.25) is 11.8 Å². The zero-order valence-corrected chi connectivity index (χ0v) is 13.0. The van der Waals surface area contributed by atoms with Crippen molar-refractivity contribution in [2.75, 3.05) is 18.0 Å². The van der Waals surface area contributed by atoms with Crippen molar-refractivity contribution in [2.24, 2.45) is 5.73 Å². The maximum absolute atomic E-state index is 12.4. The number of fused-ring (bicyclic) bond motifs is 1. The standard InChI is InChI=1S/C16H23N3O3/c1-10-5-6-13-12(8-10)4-3-7-19(13)14(21)9-18-15(11(2)20)16(17)22/h5-6,8,11,15,18,20H,3-4,7,9H2,1-2H3,(H2,17,22)/t11-,15+/m1/s1. The van der Waals surface area contributed by atoms with Gasteiger partial charge >= 0.3 is 0 Å². The second kappa shape index (κ2) is 6.89. The highest BCUT2D eigenvalue weighted by Gasteiger charge is 2.25. The maximum atomic E-state index is 12.4. The number of rotatable bonds is 5. The van der Waals surface area contributed by atoms with E-state index in [1.165, 1.54) is 18.1 Å². The van der Waals surface area contributed by atoms with Crippen molar-refractivity contribution in [2.45, 2.75) is 38.8 Å². The molecule has 1 aromatic carbocycles. The van der Waals surface area contributed by atoms with E-state index in [0.717, 1.165) is 18.5 Å². The van der Waals surface area contributed by atoms with Gasteiger partial charge in [-0.1, -0.05) is 17.7 Å². The van der Waals surface area contributed by atoms with Crippen LogP contribution in [0, 0.1) is 6.92 Å². The Morgan fingerprint density at radius 2 is 2.18 bits per heavy atom. The number of primary amides is 1. The molecule has 0 unspecified atom stereocenters. The summed E-state index contributed by atoms with van der Waals surface area (Å²) in [5, 5.41) is 12.2. The van der Waals surface area contributed by atoms with Crippen LogP contribution in [0.3, 0.4) is 0 Å². The molecule has 0 aromatic heterocycles. The fourth-order valence-electron chi connectivity index (χ4n) is 2.79. The van der Waals surface area contributed by atoms with Crippen LogP contribution in [0.1, 0.15) is 24.5 Å². The van der Waals surface area contributed by atoms with Gasteiger partial charge in [-0.25, -0.2) is 0 Å². The molecular formula is C16H23N3O3. The molecule has 0 fully saturated rings. The van der Waals surface area contributed by atoms with Gasteiger partial charge in [-0.05, 0) is 38.3 Å². The molecule has 0 saturated heterocycles. The summed E-state index contributed by atoms with van der Waals surface area (Å²) in [6, 6.07) is 5.12. The summed E-state index contributed by atoms with van der Waals surface area (Å²) < 4.78 is 0. The van der Waals surface area contributed by atoms with E-state index < -0.39 is 18.1 Å². The van der Waals surface area contributed by atoms with Crippen LogP contribution in [0.4, 0.5) is 5.69 Å². The normalized spacial score (nSPS) is 16.8. The Morgan fingerprint density at radius 3 is 2.82 bits per heavy atom. The molecule has 2 rings (SSSR count). The van der Waals surface area contributed by atoms with E-state index in [1.54, 1.807) is 4.90 Å². The van der Waals surface area contributed by atoms with Gasteiger partial charge in [0, 0.05) is 12.2 Å². The van der Waals surface area contributed by atoms with Crippen LogP contribution < -0.4 is 16.0 Å². The fourth-order valence-corrected chi connectivity index (χ4v) is 2.79. The Balaban J connectivity index is 2.07. The van der Waals surface area contributed by atoms with Crippen LogP contribution in [0.15, 0.2) is 18.2 Å². The Kier molecular flexibility index (Phi) is 5.15. The number of benzene rings is 1. The summed E-state index contributed by atoms with van der Waals surface area (Å²) in [5.74, 6) is -0.797. The van der Waals surface area contributed by atoms with Gasteiger partial charge in [0.15, 0.2) is 0 Å². The third kappa shape index (κ3) is 3.64. The Hall–Kier alpha value is -1.92. The largest absolute Gasteiger partial charge is 0.391 e. The lowest BCUT2D eigenvalue weighted by Gasteiger charge is -2.30. The second-order valence-electron chi connectivity index (χ2n) is 5.78. The molecule has 1 aliphatic rings. The van der Waals surface area contributed by atoms with Crippen LogP contribution in [0.2, 0.25) is 0 Å². The Labute approximate surface area is 130 Å². The van der Waals surface area contributed by atoms with Crippen molar-refractivity contribution in [3.05, 3.63) is 29.3 Å². The predicted molar refractivity (Wildman–Crippen MR) is 84.5 cm³/mol. The van der Waals surface area contributed by atoms with Crippen LogP contribution in [0.5, 0.6) is 0 Å². The highest BCUT2D eigenvalue weighted by Crippen LogP contribution is 2.27. The van der Waals surface area contributed by atoms with Crippen LogP contribution in [-0.2, 0) is 16.0 Å². The number of aliphatic hydroxyl groups is 1. The monoisotopic (exact) mass is 305 g/mol. The van der Waals surface area contributed by atoms with E-state index in [4.69, 9.17) is 5.73 Å². The molecule has 1 heterocycles. The number of anilines is 1. The summed E-state index contributed by atoms with van der Waals surface area (Å²) in [5.41, 5.74) is 8.48. The number of nitrogens with zero attached hydrogens (tertiary/aromatic N) is 1. The molecule has 1 aromatic rings. The van der Waals surface area contributed by atoms with E-state index in [9.17, 15) is 14.7 Å². The van der Waals surface area contributed by atoms with E-state index in [-0.39, 0.29) is 12.5 Å². The highest BCUT2D eigenvalue weighted by atomic mass is 16.3. The van der Waals surface area contributed by atoms with Gasteiger partial charge in [0.1, 0.15) is 6.04 Å². The Bertz CT molecular complexity index is 572. The number of nitrogens with two attached hydrogens (primary N) is 1. The minimum Gasteiger partial charge on any atom is -0.391 e. The average molecular weight is 305 g/mol. The summed E-state index contributed by atoms with van der Waals surface area (Å²) in [6.45, 7) is 4.12. The van der Waals surface area contributed by atoms with Crippen molar-refractivity contribution in [3.63, 3.8) is 0 Å². The molecule has 1 aliphatic heterocycles. The molecule has 2 atom stereocenters. The molecule has 0 radical (unpaired) electrons. The molecule has 0 aliphatic carbocycles. The Morgan fingerprint density at radius 1 is 1.45 bits per heavy atom.